The number of hydrogen-bond donors (Lipinski definition) is 2. The van der Waals surface area contributed by atoms with Crippen molar-refractivity contribution in [2.45, 2.75) is 36.1 Å². The molecular formula is C12H15F3N2OS. The van der Waals surface area contributed by atoms with Gasteiger partial charge in [-0.3, -0.25) is 11.3 Å². The molecule has 7 heteroatoms. The van der Waals surface area contributed by atoms with Gasteiger partial charge in [-0.1, -0.05) is 12.1 Å². The molecule has 1 heterocycles. The van der Waals surface area contributed by atoms with Gasteiger partial charge in [-0.05, 0) is 18.6 Å². The highest BCUT2D eigenvalue weighted by Gasteiger charge is 2.33. The van der Waals surface area contributed by atoms with Crippen LogP contribution in [-0.2, 0) is 0 Å². The second-order valence-corrected chi connectivity index (χ2v) is 5.40. The molecule has 0 amide bonds. The maximum atomic E-state index is 12.2. The second-order valence-electron chi connectivity index (χ2n) is 4.34. The van der Waals surface area contributed by atoms with Crippen LogP contribution in [0.2, 0.25) is 0 Å². The van der Waals surface area contributed by atoms with E-state index >= 15 is 0 Å². The van der Waals surface area contributed by atoms with E-state index in [2.05, 4.69) is 5.43 Å². The van der Waals surface area contributed by atoms with Crippen LogP contribution in [0.3, 0.4) is 0 Å². The minimum atomic E-state index is -4.17. The van der Waals surface area contributed by atoms with E-state index in [1.807, 2.05) is 24.3 Å². The third kappa shape index (κ3) is 4.02. The third-order valence-corrected chi connectivity index (χ3v) is 4.08. The third-order valence-electron chi connectivity index (χ3n) is 2.93. The Hall–Kier alpha value is -0.920. The zero-order valence-corrected chi connectivity index (χ0v) is 10.9. The molecule has 0 radical (unpaired) electrons. The lowest BCUT2D eigenvalue weighted by atomic mass is 10.1. The normalized spacial score (nSPS) is 20.5. The van der Waals surface area contributed by atoms with Crippen LogP contribution in [0.5, 0.6) is 5.75 Å². The molecule has 2 atom stereocenters. The number of alkyl halides is 3. The van der Waals surface area contributed by atoms with Crippen LogP contribution in [-0.4, -0.2) is 24.1 Å². The van der Waals surface area contributed by atoms with E-state index in [4.69, 9.17) is 10.6 Å². The molecule has 3 N–H and O–H groups in total. The van der Waals surface area contributed by atoms with Gasteiger partial charge in [0.15, 0.2) is 0 Å². The molecule has 3 nitrogen and oxygen atoms in total. The Morgan fingerprint density at radius 2 is 2.16 bits per heavy atom. The molecule has 0 bridgehead atoms. The van der Waals surface area contributed by atoms with Crippen molar-refractivity contribution in [3.05, 3.63) is 24.3 Å². The standard InChI is InChI=1S/C12H15F3N2OS/c13-12(14,15)6-5-8(17-16)10-7-19-11-4-2-1-3-9(11)18-10/h1-4,8,10,17H,5-7,16H2. The first-order valence-electron chi connectivity index (χ1n) is 5.91. The number of thioether (sulfide) groups is 1. The average Bonchev–Trinajstić information content (AvgIpc) is 2.38. The van der Waals surface area contributed by atoms with Crippen molar-refractivity contribution in [2.24, 2.45) is 5.84 Å². The van der Waals surface area contributed by atoms with Crippen molar-refractivity contribution in [1.82, 2.24) is 5.43 Å². The number of hydrogen-bond acceptors (Lipinski definition) is 4. The van der Waals surface area contributed by atoms with Crippen LogP contribution in [0, 0.1) is 0 Å². The van der Waals surface area contributed by atoms with Gasteiger partial charge in [0.05, 0.1) is 6.04 Å². The summed E-state index contributed by atoms with van der Waals surface area (Å²) in [5, 5.41) is 0. The summed E-state index contributed by atoms with van der Waals surface area (Å²) >= 11 is 1.57. The van der Waals surface area contributed by atoms with Crippen LogP contribution in [0.25, 0.3) is 0 Å². The van der Waals surface area contributed by atoms with Gasteiger partial charge in [0.2, 0.25) is 0 Å². The SMILES string of the molecule is NNC(CCC(F)(F)F)C1CSc2ccccc2O1. The van der Waals surface area contributed by atoms with Gasteiger partial charge < -0.3 is 4.74 Å². The molecule has 1 aliphatic rings. The molecule has 2 rings (SSSR count). The molecule has 0 saturated heterocycles. The van der Waals surface area contributed by atoms with E-state index in [1.165, 1.54) is 0 Å². The molecule has 0 fully saturated rings. The minimum Gasteiger partial charge on any atom is -0.487 e. The lowest BCUT2D eigenvalue weighted by molar-refractivity contribution is -0.137. The van der Waals surface area contributed by atoms with E-state index in [9.17, 15) is 13.2 Å². The fraction of sp³-hybridized carbons (Fsp3) is 0.500. The van der Waals surface area contributed by atoms with Crippen molar-refractivity contribution in [1.29, 1.82) is 0 Å². The average molecular weight is 292 g/mol. The van der Waals surface area contributed by atoms with Crippen LogP contribution in [0.4, 0.5) is 13.2 Å². The molecule has 0 saturated carbocycles. The summed E-state index contributed by atoms with van der Waals surface area (Å²) in [6.07, 6.45) is -5.48. The van der Waals surface area contributed by atoms with Crippen molar-refractivity contribution in [3.63, 3.8) is 0 Å². The highest BCUT2D eigenvalue weighted by Crippen LogP contribution is 2.36. The molecule has 1 aliphatic heterocycles. The first-order valence-corrected chi connectivity index (χ1v) is 6.89. The van der Waals surface area contributed by atoms with E-state index < -0.39 is 18.6 Å². The highest BCUT2D eigenvalue weighted by atomic mass is 32.2. The molecule has 19 heavy (non-hydrogen) atoms. The Morgan fingerprint density at radius 1 is 1.42 bits per heavy atom. The van der Waals surface area contributed by atoms with Crippen LogP contribution >= 0.6 is 11.8 Å². The number of nitrogens with two attached hydrogens (primary N) is 1. The summed E-state index contributed by atoms with van der Waals surface area (Å²) in [7, 11) is 0. The number of nitrogens with one attached hydrogen (secondary N) is 1. The smallest absolute Gasteiger partial charge is 0.389 e. The molecule has 2 unspecified atom stereocenters. The Kier molecular flexibility index (Phi) is 4.59. The van der Waals surface area contributed by atoms with E-state index in [1.54, 1.807) is 11.8 Å². The van der Waals surface area contributed by atoms with Crippen molar-refractivity contribution in [3.8, 4) is 5.75 Å². The number of hydrazine groups is 1. The number of para-hydroxylation sites is 1. The first-order chi connectivity index (χ1) is 8.99. The number of halogens is 3. The van der Waals surface area contributed by atoms with Gasteiger partial charge in [-0.25, -0.2) is 0 Å². The topological polar surface area (TPSA) is 47.3 Å². The summed E-state index contributed by atoms with van der Waals surface area (Å²) in [5.41, 5.74) is 2.44. The molecule has 0 aliphatic carbocycles. The number of ether oxygens (including phenoxy) is 1. The molecule has 0 aromatic heterocycles. The second kappa shape index (κ2) is 6.02. The zero-order chi connectivity index (χ0) is 13.9. The van der Waals surface area contributed by atoms with Crippen LogP contribution in [0.15, 0.2) is 29.2 Å². The van der Waals surface area contributed by atoms with Gasteiger partial charge in [0, 0.05) is 17.1 Å². The van der Waals surface area contributed by atoms with Crippen molar-refractivity contribution >= 4 is 11.8 Å². The quantitative estimate of drug-likeness (QED) is 0.662. The van der Waals surface area contributed by atoms with Crippen LogP contribution in [0.1, 0.15) is 12.8 Å². The van der Waals surface area contributed by atoms with Gasteiger partial charge in [0.1, 0.15) is 11.9 Å². The van der Waals surface area contributed by atoms with Crippen LogP contribution < -0.4 is 16.0 Å². The lowest BCUT2D eigenvalue weighted by Crippen LogP contribution is -2.49. The fourth-order valence-electron chi connectivity index (χ4n) is 1.93. The van der Waals surface area contributed by atoms with Gasteiger partial charge >= 0.3 is 6.18 Å². The number of benzene rings is 1. The minimum absolute atomic E-state index is 0.0899. The molecule has 1 aromatic carbocycles. The van der Waals surface area contributed by atoms with Crippen molar-refractivity contribution < 1.29 is 17.9 Å². The molecule has 106 valence electrons. The number of rotatable bonds is 4. The largest absolute Gasteiger partial charge is 0.487 e. The first kappa shape index (κ1) is 14.5. The van der Waals surface area contributed by atoms with E-state index in [-0.39, 0.29) is 12.5 Å². The summed E-state index contributed by atoms with van der Waals surface area (Å²) in [6, 6.07) is 6.96. The predicted molar refractivity (Wildman–Crippen MR) is 68.0 cm³/mol. The lowest BCUT2D eigenvalue weighted by Gasteiger charge is -2.31. The summed E-state index contributed by atoms with van der Waals surface area (Å²) < 4.78 is 42.5. The summed E-state index contributed by atoms with van der Waals surface area (Å²) in [4.78, 5) is 1.00. The highest BCUT2D eigenvalue weighted by molar-refractivity contribution is 7.99. The Labute approximate surface area is 113 Å². The Bertz CT molecular complexity index is 428. The van der Waals surface area contributed by atoms with Gasteiger partial charge in [0.25, 0.3) is 0 Å². The van der Waals surface area contributed by atoms with Crippen molar-refractivity contribution in [2.75, 3.05) is 5.75 Å². The zero-order valence-electron chi connectivity index (χ0n) is 10.1. The summed E-state index contributed by atoms with van der Waals surface area (Å²) in [5.74, 6) is 6.64. The molecule has 1 aromatic rings. The maximum Gasteiger partial charge on any atom is 0.389 e. The van der Waals surface area contributed by atoms with E-state index in [0.29, 0.717) is 11.5 Å². The Morgan fingerprint density at radius 3 is 2.84 bits per heavy atom. The maximum absolute atomic E-state index is 12.2. The van der Waals surface area contributed by atoms with Gasteiger partial charge in [-0.15, -0.1) is 11.8 Å². The summed E-state index contributed by atoms with van der Waals surface area (Å²) in [6.45, 7) is 0. The fourth-order valence-corrected chi connectivity index (χ4v) is 3.01. The molecular weight excluding hydrogens is 277 g/mol. The Balaban J connectivity index is 1.98. The number of fused-ring (bicyclic) bond motifs is 1. The van der Waals surface area contributed by atoms with E-state index in [0.717, 1.165) is 4.90 Å². The monoisotopic (exact) mass is 292 g/mol. The van der Waals surface area contributed by atoms with Gasteiger partial charge in [-0.2, -0.15) is 13.2 Å². The molecule has 0 spiro atoms. The predicted octanol–water partition coefficient (Wildman–Crippen LogP) is 2.71.